The Labute approximate surface area is 136 Å². The molecule has 1 aromatic rings. The van der Waals surface area contributed by atoms with Crippen molar-refractivity contribution in [2.75, 3.05) is 5.32 Å². The molecule has 22 heavy (non-hydrogen) atoms. The first-order valence-electron chi connectivity index (χ1n) is 7.62. The van der Waals surface area contributed by atoms with E-state index in [4.69, 9.17) is 16.9 Å². The smallest absolute Gasteiger partial charge is 0.267 e. The second-order valence-corrected chi connectivity index (χ2v) is 5.93. The van der Waals surface area contributed by atoms with Gasteiger partial charge in [0.25, 0.3) is 5.91 Å². The van der Waals surface area contributed by atoms with Gasteiger partial charge in [-0.15, -0.1) is 0 Å². The lowest BCUT2D eigenvalue weighted by molar-refractivity contribution is -0.112. The summed E-state index contributed by atoms with van der Waals surface area (Å²) in [5.41, 5.74) is 0.650. The van der Waals surface area contributed by atoms with Gasteiger partial charge in [0.15, 0.2) is 0 Å². The Morgan fingerprint density at radius 1 is 1.27 bits per heavy atom. The van der Waals surface area contributed by atoms with E-state index in [0.29, 0.717) is 16.8 Å². The summed E-state index contributed by atoms with van der Waals surface area (Å²) in [6.07, 6.45) is 8.64. The van der Waals surface area contributed by atoms with E-state index in [-0.39, 0.29) is 5.57 Å². The lowest BCUT2D eigenvalue weighted by Gasteiger charge is -2.14. The highest BCUT2D eigenvalue weighted by molar-refractivity contribution is 6.31. The number of carbonyl (C=O) groups is 1. The second-order valence-electron chi connectivity index (χ2n) is 5.49. The van der Waals surface area contributed by atoms with Gasteiger partial charge < -0.3 is 10.6 Å². The minimum absolute atomic E-state index is 0.0734. The first-order chi connectivity index (χ1) is 10.7. The predicted molar refractivity (Wildman–Crippen MR) is 88.4 cm³/mol. The van der Waals surface area contributed by atoms with Gasteiger partial charge in [0.1, 0.15) is 11.6 Å². The SMILES string of the molecule is N#C/C(=C/NC1CCCCCC1)C(=O)Nc1cccc(Cl)c1. The largest absolute Gasteiger partial charge is 0.387 e. The summed E-state index contributed by atoms with van der Waals surface area (Å²) < 4.78 is 0. The average Bonchev–Trinajstić information content (AvgIpc) is 2.76. The molecule has 4 nitrogen and oxygen atoms in total. The van der Waals surface area contributed by atoms with E-state index in [1.54, 1.807) is 24.3 Å². The van der Waals surface area contributed by atoms with E-state index < -0.39 is 5.91 Å². The van der Waals surface area contributed by atoms with Crippen LogP contribution in [0.1, 0.15) is 38.5 Å². The van der Waals surface area contributed by atoms with Gasteiger partial charge in [0.2, 0.25) is 0 Å². The standard InChI is InChI=1S/C17H20ClN3O/c18-14-6-5-9-16(10-14)21-17(22)13(11-19)12-20-15-7-3-1-2-4-8-15/h5-6,9-10,12,15,20H,1-4,7-8H2,(H,21,22)/b13-12-. The van der Waals surface area contributed by atoms with Gasteiger partial charge in [-0.2, -0.15) is 5.26 Å². The third-order valence-electron chi connectivity index (χ3n) is 3.77. The van der Waals surface area contributed by atoms with Crippen molar-refractivity contribution >= 4 is 23.2 Å². The first-order valence-corrected chi connectivity index (χ1v) is 8.00. The number of nitrogens with one attached hydrogen (secondary N) is 2. The van der Waals surface area contributed by atoms with Crippen LogP contribution < -0.4 is 10.6 Å². The lowest BCUT2D eigenvalue weighted by Crippen LogP contribution is -2.25. The van der Waals surface area contributed by atoms with Gasteiger partial charge in [0, 0.05) is 23.0 Å². The maximum Gasteiger partial charge on any atom is 0.267 e. The average molecular weight is 318 g/mol. The maximum absolute atomic E-state index is 12.1. The summed E-state index contributed by atoms with van der Waals surface area (Å²) >= 11 is 5.88. The minimum Gasteiger partial charge on any atom is -0.387 e. The van der Waals surface area contributed by atoms with Gasteiger partial charge in [-0.25, -0.2) is 0 Å². The molecule has 0 radical (unpaired) electrons. The summed E-state index contributed by atoms with van der Waals surface area (Å²) in [6, 6.07) is 9.15. The molecule has 0 heterocycles. The Bertz CT molecular complexity index is 584. The van der Waals surface area contributed by atoms with Crippen LogP contribution >= 0.6 is 11.6 Å². The highest BCUT2D eigenvalue weighted by Crippen LogP contribution is 2.18. The third kappa shape index (κ3) is 5.09. The summed E-state index contributed by atoms with van der Waals surface area (Å²) in [5, 5.41) is 15.6. The van der Waals surface area contributed by atoms with Crippen LogP contribution in [0.2, 0.25) is 5.02 Å². The van der Waals surface area contributed by atoms with Crippen molar-refractivity contribution in [3.05, 3.63) is 41.1 Å². The van der Waals surface area contributed by atoms with Crippen molar-refractivity contribution in [1.29, 1.82) is 5.26 Å². The number of halogens is 1. The van der Waals surface area contributed by atoms with Gasteiger partial charge in [0.05, 0.1) is 0 Å². The molecule has 1 aromatic carbocycles. The van der Waals surface area contributed by atoms with Crippen molar-refractivity contribution in [2.24, 2.45) is 0 Å². The van der Waals surface area contributed by atoms with E-state index >= 15 is 0 Å². The number of anilines is 1. The van der Waals surface area contributed by atoms with Crippen LogP contribution in [0.15, 0.2) is 36.0 Å². The van der Waals surface area contributed by atoms with E-state index in [9.17, 15) is 4.79 Å². The zero-order valence-electron chi connectivity index (χ0n) is 12.4. The minimum atomic E-state index is -0.425. The van der Waals surface area contributed by atoms with E-state index in [1.165, 1.54) is 31.9 Å². The Morgan fingerprint density at radius 3 is 2.64 bits per heavy atom. The highest BCUT2D eigenvalue weighted by Gasteiger charge is 2.13. The Hall–Kier alpha value is -1.99. The topological polar surface area (TPSA) is 64.9 Å². The Kier molecular flexibility index (Phi) is 6.29. The van der Waals surface area contributed by atoms with Crippen LogP contribution in [0.25, 0.3) is 0 Å². The number of benzene rings is 1. The molecule has 0 bridgehead atoms. The number of amides is 1. The molecule has 0 atom stereocenters. The zero-order chi connectivity index (χ0) is 15.8. The number of hydrogen-bond donors (Lipinski definition) is 2. The van der Waals surface area contributed by atoms with Crippen LogP contribution in [0.3, 0.4) is 0 Å². The van der Waals surface area contributed by atoms with Gasteiger partial charge >= 0.3 is 0 Å². The molecule has 1 aliphatic carbocycles. The molecule has 2 N–H and O–H groups in total. The van der Waals surface area contributed by atoms with Crippen LogP contribution in [-0.2, 0) is 4.79 Å². The summed E-state index contributed by atoms with van der Waals surface area (Å²) in [4.78, 5) is 12.1. The third-order valence-corrected chi connectivity index (χ3v) is 4.00. The molecule has 1 aliphatic rings. The van der Waals surface area contributed by atoms with Gasteiger partial charge in [-0.1, -0.05) is 43.4 Å². The second kappa shape index (κ2) is 8.45. The van der Waals surface area contributed by atoms with Crippen molar-refractivity contribution in [2.45, 2.75) is 44.6 Å². The Balaban J connectivity index is 1.96. The lowest BCUT2D eigenvalue weighted by atomic mass is 10.1. The summed E-state index contributed by atoms with van der Waals surface area (Å²) in [5.74, 6) is -0.425. The van der Waals surface area contributed by atoms with Crippen molar-refractivity contribution < 1.29 is 4.79 Å². The fraction of sp³-hybridized carbons (Fsp3) is 0.412. The summed E-state index contributed by atoms with van der Waals surface area (Å²) in [7, 11) is 0. The molecule has 2 rings (SSSR count). The van der Waals surface area contributed by atoms with Crippen molar-refractivity contribution in [3.8, 4) is 6.07 Å². The van der Waals surface area contributed by atoms with Crippen LogP contribution in [0.5, 0.6) is 0 Å². The Morgan fingerprint density at radius 2 is 2.00 bits per heavy atom. The van der Waals surface area contributed by atoms with Crippen molar-refractivity contribution in [3.63, 3.8) is 0 Å². The van der Waals surface area contributed by atoms with Gasteiger partial charge in [-0.05, 0) is 31.0 Å². The normalized spacial score (nSPS) is 16.5. The zero-order valence-corrected chi connectivity index (χ0v) is 13.2. The van der Waals surface area contributed by atoms with Crippen LogP contribution in [-0.4, -0.2) is 11.9 Å². The number of nitriles is 1. The molecule has 0 aliphatic heterocycles. The number of rotatable bonds is 4. The molecule has 1 saturated carbocycles. The monoisotopic (exact) mass is 317 g/mol. The molecule has 0 unspecified atom stereocenters. The summed E-state index contributed by atoms with van der Waals surface area (Å²) in [6.45, 7) is 0. The van der Waals surface area contributed by atoms with Crippen LogP contribution in [0, 0.1) is 11.3 Å². The quantitative estimate of drug-likeness (QED) is 0.501. The maximum atomic E-state index is 12.1. The molecule has 1 amide bonds. The van der Waals surface area contributed by atoms with E-state index in [0.717, 1.165) is 12.8 Å². The molecule has 1 fully saturated rings. The number of nitrogens with zero attached hydrogens (tertiary/aromatic N) is 1. The number of carbonyl (C=O) groups excluding carboxylic acids is 1. The molecule has 0 aromatic heterocycles. The molecular formula is C17H20ClN3O. The van der Waals surface area contributed by atoms with Crippen LogP contribution in [0.4, 0.5) is 5.69 Å². The van der Waals surface area contributed by atoms with E-state index in [2.05, 4.69) is 10.6 Å². The van der Waals surface area contributed by atoms with E-state index in [1.807, 2.05) is 6.07 Å². The predicted octanol–water partition coefficient (Wildman–Crippen LogP) is 4.00. The van der Waals surface area contributed by atoms with Crippen molar-refractivity contribution in [1.82, 2.24) is 5.32 Å². The highest BCUT2D eigenvalue weighted by atomic mass is 35.5. The molecule has 0 saturated heterocycles. The molecule has 0 spiro atoms. The first kappa shape index (κ1) is 16.4. The molecule has 116 valence electrons. The fourth-order valence-corrected chi connectivity index (χ4v) is 2.75. The van der Waals surface area contributed by atoms with Gasteiger partial charge in [-0.3, -0.25) is 4.79 Å². The number of hydrogen-bond acceptors (Lipinski definition) is 3. The molecular weight excluding hydrogens is 298 g/mol. The fourth-order valence-electron chi connectivity index (χ4n) is 2.56. The molecule has 5 heteroatoms.